The summed E-state index contributed by atoms with van der Waals surface area (Å²) in [7, 11) is 0. The summed E-state index contributed by atoms with van der Waals surface area (Å²) in [6.07, 6.45) is 20.5. The van der Waals surface area contributed by atoms with Crippen molar-refractivity contribution in [1.29, 1.82) is 0 Å². The molecule has 0 heterocycles. The first-order chi connectivity index (χ1) is 8.77. The second kappa shape index (κ2) is 13.8. The van der Waals surface area contributed by atoms with Crippen LogP contribution < -0.4 is 0 Å². The summed E-state index contributed by atoms with van der Waals surface area (Å²) in [5, 5.41) is 8.46. The Labute approximate surface area is 111 Å². The highest BCUT2D eigenvalue weighted by Gasteiger charge is 1.93. The van der Waals surface area contributed by atoms with E-state index in [4.69, 9.17) is 5.11 Å². The second-order valence-electron chi connectivity index (χ2n) is 4.31. The normalized spacial score (nSPS) is 12.1. The molecule has 0 aliphatic rings. The maximum atomic E-state index is 10.3. The molecule has 0 fully saturated rings. The molecule has 0 aromatic carbocycles. The zero-order chi connectivity index (χ0) is 13.5. The lowest BCUT2D eigenvalue weighted by Gasteiger charge is -1.92. The Morgan fingerprint density at radius 2 is 1.44 bits per heavy atom. The molecular weight excluding hydrogens is 224 g/mol. The molecule has 0 radical (unpaired) electrons. The molecule has 0 aliphatic heterocycles. The highest BCUT2D eigenvalue weighted by atomic mass is 16.4. The maximum Gasteiger partial charge on any atom is 0.303 e. The molecule has 1 N–H and O–H groups in total. The average Bonchev–Trinajstić information content (AvgIpc) is 2.34. The molecule has 0 spiro atoms. The van der Waals surface area contributed by atoms with E-state index in [1.165, 1.54) is 12.8 Å². The van der Waals surface area contributed by atoms with E-state index in [9.17, 15) is 4.79 Å². The largest absolute Gasteiger partial charge is 0.481 e. The quantitative estimate of drug-likeness (QED) is 0.419. The molecule has 2 nitrogen and oxygen atoms in total. The molecule has 0 aromatic rings. The standard InChI is InChI=1S/C16H26O2/c1-2-3-4-5-6-7-8-9-10-11-12-13-14-15-16(17)18/h4-5,7-8,10-11H,2-3,6,9,12-15H2,1H3,(H,17,18)/b5-4+,8-7+,11-10+. The fraction of sp³-hybridized carbons (Fsp3) is 0.562. The van der Waals surface area contributed by atoms with Gasteiger partial charge in [-0.2, -0.15) is 0 Å². The van der Waals surface area contributed by atoms with Crippen LogP contribution in [0.1, 0.15) is 58.3 Å². The number of hydrogen-bond donors (Lipinski definition) is 1. The minimum absolute atomic E-state index is 0.290. The highest BCUT2D eigenvalue weighted by molar-refractivity contribution is 5.66. The molecule has 0 bridgehead atoms. The van der Waals surface area contributed by atoms with Crippen molar-refractivity contribution in [2.45, 2.75) is 58.3 Å². The summed E-state index contributed by atoms with van der Waals surface area (Å²) in [5.74, 6) is -0.696. The van der Waals surface area contributed by atoms with Gasteiger partial charge in [0.15, 0.2) is 0 Å². The van der Waals surface area contributed by atoms with Crippen LogP contribution in [0, 0.1) is 0 Å². The van der Waals surface area contributed by atoms with Gasteiger partial charge < -0.3 is 5.11 Å². The van der Waals surface area contributed by atoms with Gasteiger partial charge in [0, 0.05) is 6.42 Å². The van der Waals surface area contributed by atoms with Crippen molar-refractivity contribution in [1.82, 2.24) is 0 Å². The Bertz CT molecular complexity index is 275. The average molecular weight is 250 g/mol. The summed E-state index contributed by atoms with van der Waals surface area (Å²) < 4.78 is 0. The van der Waals surface area contributed by atoms with Gasteiger partial charge in [-0.15, -0.1) is 0 Å². The number of carboxylic acid groups (broad SMARTS) is 1. The van der Waals surface area contributed by atoms with Crippen LogP contribution in [0.25, 0.3) is 0 Å². The van der Waals surface area contributed by atoms with Crippen molar-refractivity contribution in [2.75, 3.05) is 0 Å². The first-order valence-corrected chi connectivity index (χ1v) is 6.94. The van der Waals surface area contributed by atoms with Crippen molar-refractivity contribution < 1.29 is 9.90 Å². The van der Waals surface area contributed by atoms with Gasteiger partial charge in [0.25, 0.3) is 0 Å². The summed E-state index contributed by atoms with van der Waals surface area (Å²) >= 11 is 0. The third-order valence-electron chi connectivity index (χ3n) is 2.51. The molecule has 102 valence electrons. The number of rotatable bonds is 11. The Morgan fingerprint density at radius 1 is 0.889 bits per heavy atom. The van der Waals surface area contributed by atoms with E-state index < -0.39 is 5.97 Å². The number of hydrogen-bond acceptors (Lipinski definition) is 1. The van der Waals surface area contributed by atoms with Crippen LogP contribution in [0.2, 0.25) is 0 Å². The van der Waals surface area contributed by atoms with Crippen molar-refractivity contribution >= 4 is 5.97 Å². The number of carboxylic acids is 1. The van der Waals surface area contributed by atoms with Gasteiger partial charge in [0.05, 0.1) is 0 Å². The minimum Gasteiger partial charge on any atom is -0.481 e. The Morgan fingerprint density at radius 3 is 2.00 bits per heavy atom. The third-order valence-corrected chi connectivity index (χ3v) is 2.51. The van der Waals surface area contributed by atoms with Gasteiger partial charge in [0.2, 0.25) is 0 Å². The number of carbonyl (C=O) groups is 1. The van der Waals surface area contributed by atoms with Gasteiger partial charge in [-0.25, -0.2) is 0 Å². The van der Waals surface area contributed by atoms with Crippen LogP contribution in [0.3, 0.4) is 0 Å². The molecule has 18 heavy (non-hydrogen) atoms. The van der Waals surface area contributed by atoms with Gasteiger partial charge >= 0.3 is 5.97 Å². The summed E-state index contributed by atoms with van der Waals surface area (Å²) in [5.41, 5.74) is 0. The van der Waals surface area contributed by atoms with E-state index in [1.807, 2.05) is 0 Å². The zero-order valence-corrected chi connectivity index (χ0v) is 11.5. The van der Waals surface area contributed by atoms with Crippen LogP contribution in [0.5, 0.6) is 0 Å². The van der Waals surface area contributed by atoms with Gasteiger partial charge in [-0.1, -0.05) is 49.8 Å². The molecule has 0 amide bonds. The molecule has 0 aliphatic carbocycles. The van der Waals surface area contributed by atoms with Crippen LogP contribution in [-0.4, -0.2) is 11.1 Å². The van der Waals surface area contributed by atoms with E-state index >= 15 is 0 Å². The topological polar surface area (TPSA) is 37.3 Å². The van der Waals surface area contributed by atoms with E-state index in [-0.39, 0.29) is 6.42 Å². The van der Waals surface area contributed by atoms with Crippen LogP contribution >= 0.6 is 0 Å². The fourth-order valence-electron chi connectivity index (χ4n) is 1.48. The lowest BCUT2D eigenvalue weighted by Crippen LogP contribution is -1.92. The number of aliphatic carboxylic acids is 1. The lowest BCUT2D eigenvalue weighted by atomic mass is 10.2. The predicted octanol–water partition coefficient (Wildman–Crippen LogP) is 4.88. The van der Waals surface area contributed by atoms with Crippen molar-refractivity contribution in [3.8, 4) is 0 Å². The SMILES string of the molecule is CCC/C=C/C/C=C/C/C=C/CCCCC(=O)O. The molecule has 0 saturated heterocycles. The van der Waals surface area contributed by atoms with Crippen molar-refractivity contribution in [2.24, 2.45) is 0 Å². The molecule has 0 aromatic heterocycles. The molecule has 2 heteroatoms. The van der Waals surface area contributed by atoms with Crippen LogP contribution in [0.15, 0.2) is 36.5 Å². The summed E-state index contributed by atoms with van der Waals surface area (Å²) in [6.45, 7) is 2.18. The molecule has 0 saturated carbocycles. The number of unbranched alkanes of at least 4 members (excludes halogenated alkanes) is 3. The maximum absolute atomic E-state index is 10.3. The van der Waals surface area contributed by atoms with E-state index in [1.54, 1.807) is 0 Å². The first-order valence-electron chi connectivity index (χ1n) is 6.94. The van der Waals surface area contributed by atoms with Crippen molar-refractivity contribution in [3.63, 3.8) is 0 Å². The second-order valence-corrected chi connectivity index (χ2v) is 4.31. The fourth-order valence-corrected chi connectivity index (χ4v) is 1.48. The lowest BCUT2D eigenvalue weighted by molar-refractivity contribution is -0.137. The van der Waals surface area contributed by atoms with Gasteiger partial charge in [-0.3, -0.25) is 4.79 Å². The Hall–Kier alpha value is -1.31. The van der Waals surface area contributed by atoms with Gasteiger partial charge in [-0.05, 0) is 38.5 Å². The first kappa shape index (κ1) is 16.7. The molecule has 0 rings (SSSR count). The number of allylic oxidation sites excluding steroid dienone is 6. The van der Waals surface area contributed by atoms with E-state index in [2.05, 4.69) is 43.4 Å². The van der Waals surface area contributed by atoms with Crippen molar-refractivity contribution in [3.05, 3.63) is 36.5 Å². The molecule has 0 atom stereocenters. The minimum atomic E-state index is -0.696. The van der Waals surface area contributed by atoms with E-state index in [0.717, 1.165) is 32.1 Å². The highest BCUT2D eigenvalue weighted by Crippen LogP contribution is 2.01. The smallest absolute Gasteiger partial charge is 0.303 e. The Kier molecular flexibility index (Phi) is 12.8. The van der Waals surface area contributed by atoms with Crippen LogP contribution in [0.4, 0.5) is 0 Å². The third kappa shape index (κ3) is 14.7. The Balaban J connectivity index is 3.31. The molecule has 0 unspecified atom stereocenters. The monoisotopic (exact) mass is 250 g/mol. The zero-order valence-electron chi connectivity index (χ0n) is 11.5. The predicted molar refractivity (Wildman–Crippen MR) is 77.7 cm³/mol. The van der Waals surface area contributed by atoms with E-state index in [0.29, 0.717) is 0 Å². The molecular formula is C16H26O2. The van der Waals surface area contributed by atoms with Gasteiger partial charge in [0.1, 0.15) is 0 Å². The van der Waals surface area contributed by atoms with Crippen LogP contribution in [-0.2, 0) is 4.79 Å². The summed E-state index contributed by atoms with van der Waals surface area (Å²) in [4.78, 5) is 10.3. The summed E-state index contributed by atoms with van der Waals surface area (Å²) in [6, 6.07) is 0.